The molecule has 1 fully saturated rings. The minimum atomic E-state index is -0.121. The monoisotopic (exact) mass is 271 g/mol. The van der Waals surface area contributed by atoms with Crippen molar-refractivity contribution in [1.82, 2.24) is 15.1 Å². The maximum Gasteiger partial charge on any atom is 0.0888 e. The van der Waals surface area contributed by atoms with E-state index in [1.807, 2.05) is 11.7 Å². The van der Waals surface area contributed by atoms with Gasteiger partial charge < -0.3 is 10.1 Å². The number of aromatic nitrogens is 2. The van der Waals surface area contributed by atoms with Crippen LogP contribution in [0.4, 0.5) is 0 Å². The Bertz CT molecular complexity index is 395. The standard InChI is InChI=1S/C13H22ClN3O/c1-4-8-17-11(10(14)9-16-17)12(15-2)13(18-3)6-5-7-13/h9,12,15H,4-8H2,1-3H3. The fourth-order valence-electron chi connectivity index (χ4n) is 2.83. The number of aryl methyl sites for hydroxylation is 1. The molecule has 0 radical (unpaired) electrons. The Morgan fingerprint density at radius 3 is 2.78 bits per heavy atom. The van der Waals surface area contributed by atoms with Crippen LogP contribution in [0.5, 0.6) is 0 Å². The summed E-state index contributed by atoms with van der Waals surface area (Å²) in [5.74, 6) is 0. The second-order valence-electron chi connectivity index (χ2n) is 4.95. The molecule has 1 atom stereocenters. The minimum absolute atomic E-state index is 0.109. The molecular weight excluding hydrogens is 250 g/mol. The molecule has 1 saturated carbocycles. The summed E-state index contributed by atoms with van der Waals surface area (Å²) in [5, 5.41) is 8.47. The first kappa shape index (κ1) is 13.8. The zero-order valence-electron chi connectivity index (χ0n) is 11.4. The smallest absolute Gasteiger partial charge is 0.0888 e. The molecule has 0 bridgehead atoms. The molecule has 1 aromatic rings. The van der Waals surface area contributed by atoms with Gasteiger partial charge in [0.05, 0.1) is 28.6 Å². The number of rotatable bonds is 6. The van der Waals surface area contributed by atoms with E-state index in [9.17, 15) is 0 Å². The van der Waals surface area contributed by atoms with E-state index in [1.165, 1.54) is 6.42 Å². The molecule has 0 aromatic carbocycles. The quantitative estimate of drug-likeness (QED) is 0.865. The molecule has 1 N–H and O–H groups in total. The van der Waals surface area contributed by atoms with Gasteiger partial charge in [-0.3, -0.25) is 4.68 Å². The number of hydrogen-bond donors (Lipinski definition) is 1. The Morgan fingerprint density at radius 2 is 2.33 bits per heavy atom. The van der Waals surface area contributed by atoms with Crippen molar-refractivity contribution in [3.8, 4) is 0 Å². The Labute approximate surface area is 114 Å². The van der Waals surface area contributed by atoms with Crippen LogP contribution in [0, 0.1) is 0 Å². The molecule has 102 valence electrons. The number of nitrogens with one attached hydrogen (secondary N) is 1. The van der Waals surface area contributed by atoms with Crippen molar-refractivity contribution in [2.75, 3.05) is 14.2 Å². The number of halogens is 1. The van der Waals surface area contributed by atoms with Crippen LogP contribution in [-0.2, 0) is 11.3 Å². The molecule has 1 aliphatic carbocycles. The topological polar surface area (TPSA) is 39.1 Å². The van der Waals surface area contributed by atoms with Gasteiger partial charge in [-0.25, -0.2) is 0 Å². The molecule has 1 heterocycles. The zero-order chi connectivity index (χ0) is 13.2. The number of likely N-dealkylation sites (N-methyl/N-ethyl adjacent to an activating group) is 1. The number of nitrogens with zero attached hydrogens (tertiary/aromatic N) is 2. The molecule has 1 aliphatic rings. The maximum atomic E-state index is 6.32. The first-order chi connectivity index (χ1) is 8.68. The van der Waals surface area contributed by atoms with Crippen LogP contribution in [0.25, 0.3) is 0 Å². The van der Waals surface area contributed by atoms with Gasteiger partial charge in [0.25, 0.3) is 0 Å². The fraction of sp³-hybridized carbons (Fsp3) is 0.769. The van der Waals surface area contributed by atoms with Gasteiger partial charge in [-0.1, -0.05) is 18.5 Å². The van der Waals surface area contributed by atoms with Crippen LogP contribution in [0.2, 0.25) is 5.02 Å². The van der Waals surface area contributed by atoms with E-state index < -0.39 is 0 Å². The molecule has 0 spiro atoms. The fourth-order valence-corrected chi connectivity index (χ4v) is 3.08. The van der Waals surface area contributed by atoms with Gasteiger partial charge in [-0.15, -0.1) is 0 Å². The number of methoxy groups -OCH3 is 1. The van der Waals surface area contributed by atoms with Gasteiger partial charge in [0.2, 0.25) is 0 Å². The molecule has 2 rings (SSSR count). The largest absolute Gasteiger partial charge is 0.376 e. The zero-order valence-corrected chi connectivity index (χ0v) is 12.1. The van der Waals surface area contributed by atoms with Crippen molar-refractivity contribution in [2.24, 2.45) is 0 Å². The van der Waals surface area contributed by atoms with Gasteiger partial charge in [0.15, 0.2) is 0 Å². The SMILES string of the molecule is CCCn1ncc(Cl)c1C(NC)C1(OC)CCC1. The highest BCUT2D eigenvalue weighted by molar-refractivity contribution is 6.31. The summed E-state index contributed by atoms with van der Waals surface area (Å²) in [4.78, 5) is 0. The average Bonchev–Trinajstić information content (AvgIpc) is 2.66. The van der Waals surface area contributed by atoms with Crippen LogP contribution >= 0.6 is 11.6 Å². The molecule has 5 heteroatoms. The van der Waals surface area contributed by atoms with Gasteiger partial charge in [0, 0.05) is 13.7 Å². The van der Waals surface area contributed by atoms with Crippen molar-refractivity contribution in [2.45, 2.75) is 50.8 Å². The van der Waals surface area contributed by atoms with Gasteiger partial charge in [-0.05, 0) is 32.7 Å². The second-order valence-corrected chi connectivity index (χ2v) is 5.35. The van der Waals surface area contributed by atoms with E-state index in [0.29, 0.717) is 0 Å². The van der Waals surface area contributed by atoms with Crippen molar-refractivity contribution in [3.05, 3.63) is 16.9 Å². The van der Waals surface area contributed by atoms with Crippen LogP contribution in [0.1, 0.15) is 44.3 Å². The van der Waals surface area contributed by atoms with E-state index in [4.69, 9.17) is 16.3 Å². The lowest BCUT2D eigenvalue weighted by molar-refractivity contribution is -0.1000. The van der Waals surface area contributed by atoms with Gasteiger partial charge in [0.1, 0.15) is 0 Å². The summed E-state index contributed by atoms with van der Waals surface area (Å²) in [7, 11) is 3.75. The minimum Gasteiger partial charge on any atom is -0.376 e. The van der Waals surface area contributed by atoms with Gasteiger partial charge in [-0.2, -0.15) is 5.10 Å². The third kappa shape index (κ3) is 2.17. The summed E-state index contributed by atoms with van der Waals surface area (Å²) in [6, 6.07) is 0.109. The third-order valence-corrected chi connectivity index (χ3v) is 4.25. The number of hydrogen-bond acceptors (Lipinski definition) is 3. The van der Waals surface area contributed by atoms with Crippen molar-refractivity contribution in [1.29, 1.82) is 0 Å². The predicted molar refractivity (Wildman–Crippen MR) is 72.9 cm³/mol. The lowest BCUT2D eigenvalue weighted by Gasteiger charge is -2.46. The highest BCUT2D eigenvalue weighted by atomic mass is 35.5. The van der Waals surface area contributed by atoms with Crippen molar-refractivity contribution in [3.63, 3.8) is 0 Å². The van der Waals surface area contributed by atoms with Crippen molar-refractivity contribution < 1.29 is 4.74 Å². The first-order valence-corrected chi connectivity index (χ1v) is 7.00. The molecule has 4 nitrogen and oxygen atoms in total. The molecule has 1 unspecified atom stereocenters. The number of ether oxygens (including phenoxy) is 1. The van der Waals surface area contributed by atoms with E-state index >= 15 is 0 Å². The average molecular weight is 272 g/mol. The van der Waals surface area contributed by atoms with E-state index in [-0.39, 0.29) is 11.6 Å². The molecular formula is C13H22ClN3O. The van der Waals surface area contributed by atoms with E-state index in [0.717, 1.165) is 36.5 Å². The predicted octanol–water partition coefficient (Wildman–Crippen LogP) is 2.78. The lowest BCUT2D eigenvalue weighted by Crippen LogP contribution is -2.50. The molecule has 0 aliphatic heterocycles. The first-order valence-electron chi connectivity index (χ1n) is 6.62. The summed E-state index contributed by atoms with van der Waals surface area (Å²) < 4.78 is 7.78. The summed E-state index contributed by atoms with van der Waals surface area (Å²) in [6.45, 7) is 3.03. The molecule has 0 amide bonds. The van der Waals surface area contributed by atoms with E-state index in [1.54, 1.807) is 13.3 Å². The Kier molecular flexibility index (Phi) is 4.30. The normalized spacial score (nSPS) is 19.6. The maximum absolute atomic E-state index is 6.32. The van der Waals surface area contributed by atoms with Crippen LogP contribution in [0.3, 0.4) is 0 Å². The summed E-state index contributed by atoms with van der Waals surface area (Å²) >= 11 is 6.32. The molecule has 18 heavy (non-hydrogen) atoms. The van der Waals surface area contributed by atoms with Crippen LogP contribution < -0.4 is 5.32 Å². The summed E-state index contributed by atoms with van der Waals surface area (Å²) in [6.07, 6.45) is 6.14. The molecule has 0 saturated heterocycles. The second kappa shape index (κ2) is 5.59. The van der Waals surface area contributed by atoms with Crippen molar-refractivity contribution >= 4 is 11.6 Å². The lowest BCUT2D eigenvalue weighted by atomic mass is 9.73. The Morgan fingerprint density at radius 1 is 1.61 bits per heavy atom. The van der Waals surface area contributed by atoms with E-state index in [2.05, 4.69) is 17.3 Å². The Hall–Kier alpha value is -0.580. The Balaban J connectivity index is 2.34. The highest BCUT2D eigenvalue weighted by Crippen LogP contribution is 2.46. The van der Waals surface area contributed by atoms with Crippen LogP contribution in [0.15, 0.2) is 6.20 Å². The third-order valence-electron chi connectivity index (χ3n) is 3.96. The van der Waals surface area contributed by atoms with Gasteiger partial charge >= 0.3 is 0 Å². The van der Waals surface area contributed by atoms with Crippen LogP contribution in [-0.4, -0.2) is 29.5 Å². The highest BCUT2D eigenvalue weighted by Gasteiger charge is 2.46. The summed E-state index contributed by atoms with van der Waals surface area (Å²) in [5.41, 5.74) is 0.937. The molecule has 1 aromatic heterocycles.